The van der Waals surface area contributed by atoms with Crippen molar-refractivity contribution >= 4 is 11.9 Å². The highest BCUT2D eigenvalue weighted by Gasteiger charge is 2.17. The quantitative estimate of drug-likeness (QED) is 0.870. The van der Waals surface area contributed by atoms with Crippen LogP contribution < -0.4 is 15.0 Å². The molecule has 122 valence electrons. The summed E-state index contributed by atoms with van der Waals surface area (Å²) < 4.78 is 10.8. The van der Waals surface area contributed by atoms with E-state index in [0.29, 0.717) is 44.3 Å². The zero-order chi connectivity index (χ0) is 15.9. The van der Waals surface area contributed by atoms with Crippen molar-refractivity contribution in [3.05, 3.63) is 35.9 Å². The Labute approximate surface area is 135 Å². The minimum Gasteiger partial charge on any atom is -0.464 e. The van der Waals surface area contributed by atoms with Crippen molar-refractivity contribution in [3.8, 4) is 6.01 Å². The second-order valence-corrected chi connectivity index (χ2v) is 5.11. The lowest BCUT2D eigenvalue weighted by atomic mass is 10.2. The summed E-state index contributed by atoms with van der Waals surface area (Å²) >= 11 is 0. The molecule has 1 aromatic heterocycles. The van der Waals surface area contributed by atoms with Crippen molar-refractivity contribution in [2.45, 2.75) is 13.5 Å². The number of aromatic nitrogens is 3. The molecule has 1 aliphatic rings. The van der Waals surface area contributed by atoms with Gasteiger partial charge in [-0.2, -0.15) is 15.0 Å². The molecule has 7 heteroatoms. The Morgan fingerprint density at radius 1 is 1.13 bits per heavy atom. The maximum Gasteiger partial charge on any atom is 0.323 e. The average molecular weight is 315 g/mol. The minimum absolute atomic E-state index is 0.347. The molecule has 0 amide bonds. The first-order valence-electron chi connectivity index (χ1n) is 7.84. The molecular weight excluding hydrogens is 294 g/mol. The number of nitrogens with zero attached hydrogens (tertiary/aromatic N) is 4. The molecule has 7 nitrogen and oxygen atoms in total. The van der Waals surface area contributed by atoms with Crippen LogP contribution in [0.1, 0.15) is 12.5 Å². The van der Waals surface area contributed by atoms with Gasteiger partial charge in [-0.25, -0.2) is 0 Å². The fraction of sp³-hybridized carbons (Fsp3) is 0.438. The number of ether oxygens (including phenoxy) is 2. The Hall–Kier alpha value is -2.41. The van der Waals surface area contributed by atoms with Crippen LogP contribution in [0.2, 0.25) is 0 Å². The predicted octanol–water partition coefficient (Wildman–Crippen LogP) is 1.72. The van der Waals surface area contributed by atoms with Crippen molar-refractivity contribution in [2.75, 3.05) is 43.1 Å². The number of hydrogen-bond donors (Lipinski definition) is 1. The molecule has 0 aliphatic carbocycles. The Morgan fingerprint density at radius 3 is 2.65 bits per heavy atom. The molecule has 2 heterocycles. The maximum absolute atomic E-state index is 5.47. The minimum atomic E-state index is 0.347. The van der Waals surface area contributed by atoms with E-state index in [4.69, 9.17) is 9.47 Å². The maximum atomic E-state index is 5.47. The van der Waals surface area contributed by atoms with E-state index < -0.39 is 0 Å². The van der Waals surface area contributed by atoms with Crippen molar-refractivity contribution in [1.29, 1.82) is 0 Å². The molecule has 1 N–H and O–H groups in total. The van der Waals surface area contributed by atoms with Crippen molar-refractivity contribution in [1.82, 2.24) is 15.0 Å². The van der Waals surface area contributed by atoms with Gasteiger partial charge in [-0.1, -0.05) is 30.3 Å². The molecule has 0 atom stereocenters. The molecule has 1 fully saturated rings. The molecule has 0 saturated carbocycles. The van der Waals surface area contributed by atoms with Gasteiger partial charge in [0.15, 0.2) is 0 Å². The van der Waals surface area contributed by atoms with Crippen molar-refractivity contribution < 1.29 is 9.47 Å². The van der Waals surface area contributed by atoms with Gasteiger partial charge >= 0.3 is 6.01 Å². The smallest absolute Gasteiger partial charge is 0.323 e. The highest BCUT2D eigenvalue weighted by molar-refractivity contribution is 5.39. The molecule has 3 rings (SSSR count). The third kappa shape index (κ3) is 4.29. The van der Waals surface area contributed by atoms with Gasteiger partial charge in [0.25, 0.3) is 0 Å². The largest absolute Gasteiger partial charge is 0.464 e. The van der Waals surface area contributed by atoms with Crippen LogP contribution >= 0.6 is 0 Å². The fourth-order valence-electron chi connectivity index (χ4n) is 2.30. The van der Waals surface area contributed by atoms with Crippen LogP contribution in [0.15, 0.2) is 30.3 Å². The average Bonchev–Trinajstić information content (AvgIpc) is 2.62. The van der Waals surface area contributed by atoms with E-state index in [9.17, 15) is 0 Å². The Balaban J connectivity index is 1.76. The van der Waals surface area contributed by atoms with Gasteiger partial charge in [0.05, 0.1) is 19.8 Å². The Morgan fingerprint density at radius 2 is 1.91 bits per heavy atom. The number of morpholine rings is 1. The van der Waals surface area contributed by atoms with Crippen molar-refractivity contribution in [3.63, 3.8) is 0 Å². The number of rotatable bonds is 6. The number of hydrogen-bond acceptors (Lipinski definition) is 7. The van der Waals surface area contributed by atoms with Crippen LogP contribution in [0.5, 0.6) is 6.01 Å². The van der Waals surface area contributed by atoms with Gasteiger partial charge in [0.2, 0.25) is 11.9 Å². The molecule has 0 bridgehead atoms. The second-order valence-electron chi connectivity index (χ2n) is 5.11. The molecular formula is C16H21N5O2. The van der Waals surface area contributed by atoms with Crippen molar-refractivity contribution in [2.24, 2.45) is 0 Å². The van der Waals surface area contributed by atoms with E-state index in [1.165, 1.54) is 5.56 Å². The summed E-state index contributed by atoms with van der Waals surface area (Å²) in [5, 5.41) is 3.24. The summed E-state index contributed by atoms with van der Waals surface area (Å²) in [5.74, 6) is 1.15. The predicted molar refractivity (Wildman–Crippen MR) is 87.8 cm³/mol. The summed E-state index contributed by atoms with van der Waals surface area (Å²) in [6, 6.07) is 10.5. The first-order chi connectivity index (χ1) is 11.3. The fourth-order valence-corrected chi connectivity index (χ4v) is 2.30. The molecule has 2 aromatic rings. The summed E-state index contributed by atoms with van der Waals surface area (Å²) in [5.41, 5.74) is 1.17. The van der Waals surface area contributed by atoms with E-state index in [1.54, 1.807) is 0 Å². The van der Waals surface area contributed by atoms with E-state index in [-0.39, 0.29) is 0 Å². The summed E-state index contributed by atoms with van der Waals surface area (Å²) in [7, 11) is 0. The van der Waals surface area contributed by atoms with Gasteiger partial charge in [0, 0.05) is 19.6 Å². The van der Waals surface area contributed by atoms with Crippen LogP contribution in [0, 0.1) is 0 Å². The normalized spacial score (nSPS) is 14.6. The van der Waals surface area contributed by atoms with Crippen LogP contribution in [-0.4, -0.2) is 47.9 Å². The molecule has 1 aromatic carbocycles. The first kappa shape index (κ1) is 15.5. The van der Waals surface area contributed by atoms with Crippen LogP contribution in [0.25, 0.3) is 0 Å². The lowest BCUT2D eigenvalue weighted by Crippen LogP contribution is -2.37. The zero-order valence-corrected chi connectivity index (χ0v) is 13.2. The SMILES string of the molecule is CCOc1nc(NCc2ccccc2)nc(N2CCOCC2)n1. The zero-order valence-electron chi connectivity index (χ0n) is 13.2. The highest BCUT2D eigenvalue weighted by Crippen LogP contribution is 2.17. The Kier molecular flexibility index (Phi) is 5.21. The van der Waals surface area contributed by atoms with Gasteiger partial charge < -0.3 is 19.7 Å². The topological polar surface area (TPSA) is 72.4 Å². The standard InChI is InChI=1S/C16H21N5O2/c1-2-23-16-19-14(17-12-13-6-4-3-5-7-13)18-15(20-16)21-8-10-22-11-9-21/h3-7H,2,8-12H2,1H3,(H,17,18,19,20). The second kappa shape index (κ2) is 7.73. The van der Waals surface area contributed by atoms with E-state index in [0.717, 1.165) is 13.1 Å². The van der Waals surface area contributed by atoms with E-state index in [2.05, 4.69) is 37.3 Å². The third-order valence-electron chi connectivity index (χ3n) is 3.46. The molecule has 0 spiro atoms. The summed E-state index contributed by atoms with van der Waals surface area (Å²) in [6.45, 7) is 5.99. The highest BCUT2D eigenvalue weighted by atomic mass is 16.5. The molecule has 0 radical (unpaired) electrons. The number of benzene rings is 1. The van der Waals surface area contributed by atoms with Crippen LogP contribution in [-0.2, 0) is 11.3 Å². The molecule has 1 saturated heterocycles. The van der Waals surface area contributed by atoms with Gasteiger partial charge in [-0.15, -0.1) is 0 Å². The Bertz CT molecular complexity index is 617. The van der Waals surface area contributed by atoms with Crippen LogP contribution in [0.3, 0.4) is 0 Å². The van der Waals surface area contributed by atoms with E-state index >= 15 is 0 Å². The monoisotopic (exact) mass is 315 g/mol. The number of nitrogens with one attached hydrogen (secondary N) is 1. The molecule has 0 unspecified atom stereocenters. The van der Waals surface area contributed by atoms with Gasteiger partial charge in [-0.3, -0.25) is 0 Å². The third-order valence-corrected chi connectivity index (χ3v) is 3.46. The first-order valence-corrected chi connectivity index (χ1v) is 7.84. The number of anilines is 2. The van der Waals surface area contributed by atoms with Crippen LogP contribution in [0.4, 0.5) is 11.9 Å². The van der Waals surface area contributed by atoms with Gasteiger partial charge in [0.1, 0.15) is 0 Å². The molecule has 1 aliphatic heterocycles. The summed E-state index contributed by atoms with van der Waals surface area (Å²) in [4.78, 5) is 15.3. The molecule has 23 heavy (non-hydrogen) atoms. The lowest BCUT2D eigenvalue weighted by Gasteiger charge is -2.27. The van der Waals surface area contributed by atoms with Gasteiger partial charge in [-0.05, 0) is 12.5 Å². The summed E-state index contributed by atoms with van der Waals surface area (Å²) in [6.07, 6.45) is 0. The lowest BCUT2D eigenvalue weighted by molar-refractivity contribution is 0.122. The van der Waals surface area contributed by atoms with E-state index in [1.807, 2.05) is 25.1 Å².